The van der Waals surface area contributed by atoms with E-state index in [0.717, 1.165) is 24.5 Å². The quantitative estimate of drug-likeness (QED) is 0.302. The number of rotatable bonds is 8. The predicted molar refractivity (Wildman–Crippen MR) is 123 cm³/mol. The first-order valence-electron chi connectivity index (χ1n) is 10.7. The van der Waals surface area contributed by atoms with Crippen molar-refractivity contribution in [3.63, 3.8) is 0 Å². The van der Waals surface area contributed by atoms with Crippen LogP contribution in [0.15, 0.2) is 48.5 Å². The zero-order chi connectivity index (χ0) is 26.0. The van der Waals surface area contributed by atoms with Gasteiger partial charge in [0.25, 0.3) is 21.5 Å². The molecular weight excluding hydrogens is 502 g/mol. The van der Waals surface area contributed by atoms with Crippen molar-refractivity contribution in [2.75, 3.05) is 25.3 Å². The van der Waals surface area contributed by atoms with Crippen LogP contribution in [0.4, 0.5) is 17.1 Å². The Morgan fingerprint density at radius 3 is 2.39 bits per heavy atom. The minimum Gasteiger partial charge on any atom is -0.369 e. The molecule has 1 N–H and O–H groups in total. The van der Waals surface area contributed by atoms with E-state index in [9.17, 15) is 28.6 Å². The Bertz CT molecular complexity index is 1230. The minimum atomic E-state index is -4.05. The van der Waals surface area contributed by atoms with Crippen LogP contribution in [0, 0.1) is 20.2 Å². The van der Waals surface area contributed by atoms with Crippen LogP contribution in [0.5, 0.6) is 0 Å². The summed E-state index contributed by atoms with van der Waals surface area (Å²) in [6.07, 6.45) is -4.18. The van der Waals surface area contributed by atoms with Gasteiger partial charge in [0.05, 0.1) is 28.8 Å². The molecule has 15 heteroatoms. The molecule has 0 saturated carbocycles. The first kappa shape index (κ1) is 25.9. The lowest BCUT2D eigenvalue weighted by Crippen LogP contribution is -2.65. The number of ether oxygens (including phenoxy) is 4. The van der Waals surface area contributed by atoms with Gasteiger partial charge in [-0.2, -0.15) is 8.42 Å². The zero-order valence-corrected chi connectivity index (χ0v) is 19.9. The summed E-state index contributed by atoms with van der Waals surface area (Å²) in [5, 5.41) is 25.6. The normalized spacial score (nSPS) is 28.2. The van der Waals surface area contributed by atoms with Crippen molar-refractivity contribution in [3.8, 4) is 0 Å². The van der Waals surface area contributed by atoms with Crippen molar-refractivity contribution in [1.82, 2.24) is 0 Å². The Hall–Kier alpha value is -3.21. The van der Waals surface area contributed by atoms with Gasteiger partial charge >= 0.3 is 0 Å². The van der Waals surface area contributed by atoms with Gasteiger partial charge in [0.1, 0.15) is 30.0 Å². The first-order valence-corrected chi connectivity index (χ1v) is 12.5. The van der Waals surface area contributed by atoms with E-state index < -0.39 is 68.3 Å². The van der Waals surface area contributed by atoms with Gasteiger partial charge in [0.15, 0.2) is 12.6 Å². The number of non-ortho nitro benzene ring substituents is 1. The number of fused-ring (bicyclic) bond motifs is 1. The van der Waals surface area contributed by atoms with Crippen LogP contribution in [0.2, 0.25) is 0 Å². The van der Waals surface area contributed by atoms with Gasteiger partial charge in [-0.15, -0.1) is 0 Å². The van der Waals surface area contributed by atoms with Gasteiger partial charge in [-0.3, -0.25) is 24.4 Å². The molecule has 2 fully saturated rings. The highest BCUT2D eigenvalue weighted by Crippen LogP contribution is 2.38. The number of benzene rings is 2. The molecule has 2 aromatic carbocycles. The van der Waals surface area contributed by atoms with E-state index in [1.165, 1.54) is 7.11 Å². The van der Waals surface area contributed by atoms with Crippen LogP contribution >= 0.6 is 0 Å². The monoisotopic (exact) mass is 525 g/mol. The van der Waals surface area contributed by atoms with E-state index in [2.05, 4.69) is 5.32 Å². The highest BCUT2D eigenvalue weighted by molar-refractivity contribution is 7.86. The third-order valence-electron chi connectivity index (χ3n) is 5.64. The second-order valence-corrected chi connectivity index (χ2v) is 9.71. The zero-order valence-electron chi connectivity index (χ0n) is 19.1. The molecular formula is C21H23N3O11S. The third-order valence-corrected chi connectivity index (χ3v) is 6.21. The van der Waals surface area contributed by atoms with Crippen LogP contribution in [0.25, 0.3) is 0 Å². The second-order valence-electron chi connectivity index (χ2n) is 8.11. The summed E-state index contributed by atoms with van der Waals surface area (Å²) in [5.74, 6) is 0. The lowest BCUT2D eigenvalue weighted by molar-refractivity contribution is -0.393. The van der Waals surface area contributed by atoms with Crippen molar-refractivity contribution in [3.05, 3.63) is 74.3 Å². The number of hydrogen-bond donors (Lipinski definition) is 1. The van der Waals surface area contributed by atoms with Gasteiger partial charge in [0, 0.05) is 18.7 Å². The Morgan fingerprint density at radius 1 is 1.06 bits per heavy atom. The molecule has 2 saturated heterocycles. The molecule has 14 nitrogen and oxygen atoms in total. The maximum atomic E-state index is 12.2. The minimum absolute atomic E-state index is 0.0259. The van der Waals surface area contributed by atoms with Crippen LogP contribution in [-0.4, -0.2) is 68.9 Å². The highest BCUT2D eigenvalue weighted by Gasteiger charge is 2.52. The molecule has 0 amide bonds. The molecule has 0 spiro atoms. The van der Waals surface area contributed by atoms with Crippen LogP contribution in [0.3, 0.4) is 0 Å². The Labute approximate surface area is 205 Å². The molecule has 2 aliphatic rings. The Kier molecular flexibility index (Phi) is 7.49. The summed E-state index contributed by atoms with van der Waals surface area (Å²) in [6, 6.07) is 10.8. The van der Waals surface area contributed by atoms with Crippen molar-refractivity contribution in [2.45, 2.75) is 36.9 Å². The molecule has 0 radical (unpaired) electrons. The van der Waals surface area contributed by atoms with E-state index in [-0.39, 0.29) is 12.3 Å². The van der Waals surface area contributed by atoms with Crippen molar-refractivity contribution in [2.24, 2.45) is 0 Å². The lowest BCUT2D eigenvalue weighted by Gasteiger charge is -2.48. The summed E-state index contributed by atoms with van der Waals surface area (Å²) < 4.78 is 53.0. The molecule has 2 heterocycles. The summed E-state index contributed by atoms with van der Waals surface area (Å²) >= 11 is 0. The van der Waals surface area contributed by atoms with Crippen molar-refractivity contribution < 1.29 is 41.4 Å². The third kappa shape index (κ3) is 5.61. The van der Waals surface area contributed by atoms with Crippen LogP contribution in [-0.2, 0) is 33.2 Å². The largest absolute Gasteiger partial charge is 0.369 e. The summed E-state index contributed by atoms with van der Waals surface area (Å²) in [4.78, 5) is 21.2. The van der Waals surface area contributed by atoms with E-state index >= 15 is 0 Å². The molecule has 2 aromatic rings. The second kappa shape index (κ2) is 10.4. The molecule has 6 atom stereocenters. The van der Waals surface area contributed by atoms with E-state index in [1.54, 1.807) is 24.3 Å². The fourth-order valence-corrected chi connectivity index (χ4v) is 4.74. The summed E-state index contributed by atoms with van der Waals surface area (Å²) in [6.45, 7) is 0.0259. The number of nitrogens with zero attached hydrogens (tertiary/aromatic N) is 2. The SMILES string of the molecule is CO[C@@H]1O[C@@H]2CO[C@@H](c3ccccc3)O[C@H]2[C@H](OS(C)(=O)=O)[C@H]1Nc1ccc([N+](=O)[O-])cc1[N+](=O)[O-]. The topological polar surface area (TPSA) is 179 Å². The van der Waals surface area contributed by atoms with Gasteiger partial charge in [0.2, 0.25) is 0 Å². The van der Waals surface area contributed by atoms with Crippen molar-refractivity contribution >= 4 is 27.2 Å². The fourth-order valence-electron chi connectivity index (χ4n) is 4.11. The van der Waals surface area contributed by atoms with Crippen LogP contribution < -0.4 is 5.32 Å². The highest BCUT2D eigenvalue weighted by atomic mass is 32.2. The number of methoxy groups -OCH3 is 1. The lowest BCUT2D eigenvalue weighted by atomic mass is 9.95. The molecule has 0 aromatic heterocycles. The van der Waals surface area contributed by atoms with Crippen molar-refractivity contribution in [1.29, 1.82) is 0 Å². The molecule has 0 bridgehead atoms. The predicted octanol–water partition coefficient (Wildman–Crippen LogP) is 2.11. The summed E-state index contributed by atoms with van der Waals surface area (Å²) in [7, 11) is -2.75. The molecule has 194 valence electrons. The smallest absolute Gasteiger partial charge is 0.299 e. The fraction of sp³-hybridized carbons (Fsp3) is 0.429. The number of nitro groups is 2. The van der Waals surface area contributed by atoms with E-state index in [0.29, 0.717) is 5.56 Å². The van der Waals surface area contributed by atoms with Gasteiger partial charge in [-0.05, 0) is 6.07 Å². The van der Waals surface area contributed by atoms with Gasteiger partial charge in [-0.25, -0.2) is 0 Å². The van der Waals surface area contributed by atoms with Gasteiger partial charge in [-0.1, -0.05) is 30.3 Å². The van der Waals surface area contributed by atoms with E-state index in [1.807, 2.05) is 6.07 Å². The average Bonchev–Trinajstić information content (AvgIpc) is 2.84. The first-order chi connectivity index (χ1) is 17.1. The molecule has 0 unspecified atom stereocenters. The average molecular weight is 525 g/mol. The van der Waals surface area contributed by atoms with Crippen LogP contribution in [0.1, 0.15) is 11.9 Å². The maximum absolute atomic E-state index is 12.2. The number of hydrogen-bond acceptors (Lipinski definition) is 12. The molecule has 36 heavy (non-hydrogen) atoms. The Balaban J connectivity index is 1.71. The standard InChI is InChI=1S/C21H23N3O11S/c1-31-21-17(22-14-9-8-13(23(25)26)10-15(14)24(27)28)19(35-36(2,29)30)18-16(33-21)11-32-20(34-18)12-6-4-3-5-7-12/h3-10,16-22H,11H2,1-2H3/t16-,17-,18-,19-,20-,21-/m1/s1. The molecule has 0 aliphatic carbocycles. The molecule has 4 rings (SSSR count). The Morgan fingerprint density at radius 2 is 1.78 bits per heavy atom. The number of nitrogens with one attached hydrogen (secondary N) is 1. The van der Waals surface area contributed by atoms with E-state index in [4.69, 9.17) is 23.1 Å². The molecule has 2 aliphatic heterocycles. The number of nitro benzene ring substituents is 2. The van der Waals surface area contributed by atoms with Gasteiger partial charge < -0.3 is 24.3 Å². The number of anilines is 1. The maximum Gasteiger partial charge on any atom is 0.299 e. The summed E-state index contributed by atoms with van der Waals surface area (Å²) in [5.41, 5.74) is -0.542.